The molecule has 1 atom stereocenters. The minimum Gasteiger partial charge on any atom is -0.353 e. The predicted molar refractivity (Wildman–Crippen MR) is 96.5 cm³/mol. The summed E-state index contributed by atoms with van der Waals surface area (Å²) in [6.45, 7) is 4.36. The Hall–Kier alpha value is -2.22. The summed E-state index contributed by atoms with van der Waals surface area (Å²) in [6.07, 6.45) is 0.593. The Labute approximate surface area is 147 Å². The highest BCUT2D eigenvalue weighted by Gasteiger charge is 2.32. The van der Waals surface area contributed by atoms with Crippen LogP contribution in [-0.2, 0) is 9.84 Å². The molecule has 1 N–H and O–H groups in total. The van der Waals surface area contributed by atoms with E-state index in [2.05, 4.69) is 15.3 Å². The van der Waals surface area contributed by atoms with Gasteiger partial charge < -0.3 is 10.2 Å². The van der Waals surface area contributed by atoms with Crippen molar-refractivity contribution in [3.63, 3.8) is 0 Å². The highest BCUT2D eigenvalue weighted by Crippen LogP contribution is 2.26. The highest BCUT2D eigenvalue weighted by molar-refractivity contribution is 7.91. The molecule has 134 valence electrons. The second-order valence-electron chi connectivity index (χ2n) is 6.11. The molecule has 1 fully saturated rings. The Morgan fingerprint density at radius 2 is 2.08 bits per heavy atom. The maximum absolute atomic E-state index is 13.8. The molecule has 1 unspecified atom stereocenters. The van der Waals surface area contributed by atoms with Gasteiger partial charge in [-0.05, 0) is 32.4 Å². The molecule has 0 radical (unpaired) electrons. The van der Waals surface area contributed by atoms with Crippen molar-refractivity contribution in [2.45, 2.75) is 26.3 Å². The van der Waals surface area contributed by atoms with E-state index in [0.29, 0.717) is 36.1 Å². The average Bonchev–Trinajstić information content (AvgIpc) is 2.90. The van der Waals surface area contributed by atoms with Crippen LogP contribution in [0.15, 0.2) is 30.3 Å². The molecule has 1 aromatic carbocycles. The highest BCUT2D eigenvalue weighted by atomic mass is 32.2. The molecule has 3 rings (SSSR count). The lowest BCUT2D eigenvalue weighted by atomic mass is 10.2. The summed E-state index contributed by atoms with van der Waals surface area (Å²) < 4.78 is 37.4. The quantitative estimate of drug-likeness (QED) is 0.879. The maximum atomic E-state index is 13.8. The number of nitrogens with zero attached hydrogens (tertiary/aromatic N) is 3. The molecule has 2 aromatic rings. The molecule has 6 nitrogen and oxygen atoms in total. The van der Waals surface area contributed by atoms with Gasteiger partial charge in [0.15, 0.2) is 9.84 Å². The van der Waals surface area contributed by atoms with Gasteiger partial charge in [-0.15, -0.1) is 0 Å². The Balaban J connectivity index is 1.89. The summed E-state index contributed by atoms with van der Waals surface area (Å²) in [6, 6.07) is 8.00. The van der Waals surface area contributed by atoms with E-state index in [9.17, 15) is 12.8 Å². The van der Waals surface area contributed by atoms with Crippen molar-refractivity contribution in [1.82, 2.24) is 9.97 Å². The smallest absolute Gasteiger partial charge is 0.152 e. The van der Waals surface area contributed by atoms with Crippen LogP contribution in [0.4, 0.5) is 21.7 Å². The number of nitrogens with one attached hydrogen (secondary N) is 1. The second kappa shape index (κ2) is 6.95. The van der Waals surface area contributed by atoms with Crippen LogP contribution in [0.1, 0.15) is 19.2 Å². The topological polar surface area (TPSA) is 75.2 Å². The molecule has 1 aliphatic heterocycles. The van der Waals surface area contributed by atoms with Crippen molar-refractivity contribution in [3.05, 3.63) is 42.0 Å². The predicted octanol–water partition coefficient (Wildman–Crippen LogP) is 2.68. The molecule has 2 heterocycles. The van der Waals surface area contributed by atoms with Crippen LogP contribution in [0.25, 0.3) is 0 Å². The lowest BCUT2D eigenvalue weighted by Gasteiger charge is -2.28. The largest absolute Gasteiger partial charge is 0.353 e. The number of hydrogen-bond donors (Lipinski definition) is 1. The normalized spacial score (nSPS) is 18.9. The third kappa shape index (κ3) is 4.07. The fourth-order valence-corrected chi connectivity index (χ4v) is 4.82. The van der Waals surface area contributed by atoms with Crippen LogP contribution in [0.2, 0.25) is 0 Å². The molecule has 0 spiro atoms. The first-order valence-electron chi connectivity index (χ1n) is 8.22. The standard InChI is InChI=1S/C17H21FN4O2S/c1-3-22(13-8-9-25(23,24)11-13)17-10-16(19-12(2)20-17)21-15-7-5-4-6-14(15)18/h4-7,10,13H,3,8-9,11H2,1-2H3,(H,19,20,21). The van der Waals surface area contributed by atoms with Gasteiger partial charge in [0.25, 0.3) is 0 Å². The number of sulfone groups is 1. The van der Waals surface area contributed by atoms with Gasteiger partial charge in [-0.2, -0.15) is 0 Å². The first kappa shape index (κ1) is 17.6. The van der Waals surface area contributed by atoms with Crippen LogP contribution in [0.3, 0.4) is 0 Å². The molecule has 8 heteroatoms. The maximum Gasteiger partial charge on any atom is 0.152 e. The number of rotatable bonds is 5. The summed E-state index contributed by atoms with van der Waals surface area (Å²) in [5.74, 6) is 1.64. The summed E-state index contributed by atoms with van der Waals surface area (Å²) in [5, 5.41) is 2.97. The number of benzene rings is 1. The van der Waals surface area contributed by atoms with Crippen LogP contribution in [-0.4, -0.2) is 42.5 Å². The van der Waals surface area contributed by atoms with Gasteiger partial charge in [0.05, 0.1) is 17.2 Å². The molecule has 1 aliphatic rings. The van der Waals surface area contributed by atoms with Gasteiger partial charge in [-0.25, -0.2) is 22.8 Å². The molecule has 1 aromatic heterocycles. The van der Waals surface area contributed by atoms with Crippen molar-refractivity contribution in [3.8, 4) is 0 Å². The Morgan fingerprint density at radius 1 is 1.32 bits per heavy atom. The molecule has 0 aliphatic carbocycles. The number of anilines is 3. The van der Waals surface area contributed by atoms with Gasteiger partial charge in [0.2, 0.25) is 0 Å². The first-order valence-corrected chi connectivity index (χ1v) is 10.0. The van der Waals surface area contributed by atoms with E-state index in [1.165, 1.54) is 6.07 Å². The Kier molecular flexibility index (Phi) is 4.89. The van der Waals surface area contributed by atoms with E-state index in [4.69, 9.17) is 0 Å². The van der Waals surface area contributed by atoms with Gasteiger partial charge in [0, 0.05) is 18.7 Å². The van der Waals surface area contributed by atoms with E-state index < -0.39 is 9.84 Å². The SMILES string of the molecule is CCN(c1cc(Nc2ccccc2F)nc(C)n1)C1CCS(=O)(=O)C1. The summed E-state index contributed by atoms with van der Waals surface area (Å²) in [7, 11) is -2.98. The van der Waals surface area contributed by atoms with E-state index in [-0.39, 0.29) is 23.4 Å². The molecule has 1 saturated heterocycles. The first-order chi connectivity index (χ1) is 11.9. The van der Waals surface area contributed by atoms with E-state index >= 15 is 0 Å². The molecule has 0 bridgehead atoms. The zero-order valence-electron chi connectivity index (χ0n) is 14.2. The Bertz CT molecular complexity index is 873. The third-order valence-corrected chi connectivity index (χ3v) is 6.00. The zero-order chi connectivity index (χ0) is 18.0. The zero-order valence-corrected chi connectivity index (χ0v) is 15.1. The van der Waals surface area contributed by atoms with Crippen LogP contribution < -0.4 is 10.2 Å². The van der Waals surface area contributed by atoms with Gasteiger partial charge >= 0.3 is 0 Å². The second-order valence-corrected chi connectivity index (χ2v) is 8.34. The Morgan fingerprint density at radius 3 is 2.72 bits per heavy atom. The van der Waals surface area contributed by atoms with Crippen LogP contribution in [0, 0.1) is 12.7 Å². The van der Waals surface area contributed by atoms with Gasteiger partial charge in [0.1, 0.15) is 23.3 Å². The van der Waals surface area contributed by atoms with Gasteiger partial charge in [-0.3, -0.25) is 0 Å². The molecular formula is C17H21FN4O2S. The van der Waals surface area contributed by atoms with Crippen LogP contribution in [0.5, 0.6) is 0 Å². The van der Waals surface area contributed by atoms with E-state index in [1.54, 1.807) is 31.2 Å². The minimum atomic E-state index is -2.98. The number of halogens is 1. The van der Waals surface area contributed by atoms with Crippen molar-refractivity contribution >= 4 is 27.2 Å². The molecule has 0 saturated carbocycles. The number of para-hydroxylation sites is 1. The van der Waals surface area contributed by atoms with E-state index in [1.807, 2.05) is 11.8 Å². The van der Waals surface area contributed by atoms with Crippen molar-refractivity contribution in [1.29, 1.82) is 0 Å². The van der Waals surface area contributed by atoms with Crippen LogP contribution >= 0.6 is 0 Å². The van der Waals surface area contributed by atoms with E-state index in [0.717, 1.165) is 0 Å². The van der Waals surface area contributed by atoms with Crippen molar-refractivity contribution in [2.24, 2.45) is 0 Å². The fraction of sp³-hybridized carbons (Fsp3) is 0.412. The summed E-state index contributed by atoms with van der Waals surface area (Å²) in [5.41, 5.74) is 0.332. The fourth-order valence-electron chi connectivity index (χ4n) is 3.09. The summed E-state index contributed by atoms with van der Waals surface area (Å²) >= 11 is 0. The average molecular weight is 364 g/mol. The molecule has 25 heavy (non-hydrogen) atoms. The monoisotopic (exact) mass is 364 g/mol. The number of aromatic nitrogens is 2. The lowest BCUT2D eigenvalue weighted by Crippen LogP contribution is -2.37. The lowest BCUT2D eigenvalue weighted by molar-refractivity contribution is 0.599. The summed E-state index contributed by atoms with van der Waals surface area (Å²) in [4.78, 5) is 10.7. The number of aryl methyl sites for hydroxylation is 1. The third-order valence-electron chi connectivity index (χ3n) is 4.25. The van der Waals surface area contributed by atoms with Crippen molar-refractivity contribution in [2.75, 3.05) is 28.3 Å². The van der Waals surface area contributed by atoms with Crippen molar-refractivity contribution < 1.29 is 12.8 Å². The minimum absolute atomic E-state index is 0.0920. The molecular weight excluding hydrogens is 343 g/mol. The number of hydrogen-bond acceptors (Lipinski definition) is 6. The van der Waals surface area contributed by atoms with Gasteiger partial charge in [-0.1, -0.05) is 12.1 Å². The molecule has 0 amide bonds.